The topological polar surface area (TPSA) is 78.9 Å². The molecule has 0 aromatic heterocycles. The summed E-state index contributed by atoms with van der Waals surface area (Å²) in [6, 6.07) is 0. The standard InChI is InChI=1S/C59H100O6/c1-4-7-10-13-16-19-22-25-27-28-29-30-32-34-37-40-43-46-49-52-58(61)64-55-56(54-63-57(60)51-48-45-42-39-36-33-24-21-18-15-12-9-6-3)65-59(62)53-50-47-44-41-38-35-31-26-23-20-17-14-11-8-5-2/h7-8,10-11,16-17,19-20,25-27,29-31,56H,4-6,9,12-15,18,21-24,28,32-55H2,1-3H3/b10-7-,11-8-,19-16-,20-17-,27-25-,30-29-,31-26-. The normalized spacial score (nSPS) is 12.7. The Kier molecular flexibility index (Phi) is 50.4. The molecule has 0 aliphatic carbocycles. The summed E-state index contributed by atoms with van der Waals surface area (Å²) in [5, 5.41) is 0. The Labute approximate surface area is 401 Å². The molecule has 0 radical (unpaired) electrons. The van der Waals surface area contributed by atoms with Gasteiger partial charge in [-0.2, -0.15) is 0 Å². The number of rotatable bonds is 48. The van der Waals surface area contributed by atoms with Gasteiger partial charge in [-0.05, 0) is 89.9 Å². The molecule has 0 bridgehead atoms. The third-order valence-electron chi connectivity index (χ3n) is 11.4. The second kappa shape index (κ2) is 53.2. The van der Waals surface area contributed by atoms with E-state index in [1.54, 1.807) is 0 Å². The molecule has 0 aliphatic heterocycles. The Morgan fingerprint density at radius 3 is 0.938 bits per heavy atom. The predicted molar refractivity (Wildman–Crippen MR) is 279 cm³/mol. The van der Waals surface area contributed by atoms with Gasteiger partial charge in [0.15, 0.2) is 6.10 Å². The van der Waals surface area contributed by atoms with Crippen molar-refractivity contribution >= 4 is 17.9 Å². The number of carbonyl (C=O) groups is 3. The molecule has 0 aromatic rings. The highest BCUT2D eigenvalue weighted by Crippen LogP contribution is 2.15. The Bertz CT molecular complexity index is 1270. The number of allylic oxidation sites excluding steroid dienone is 14. The quantitative estimate of drug-likeness (QED) is 0.0262. The average molecular weight is 905 g/mol. The highest BCUT2D eigenvalue weighted by atomic mass is 16.6. The maximum atomic E-state index is 12.8. The average Bonchev–Trinajstić information content (AvgIpc) is 3.30. The second-order valence-corrected chi connectivity index (χ2v) is 17.7. The number of esters is 3. The van der Waals surface area contributed by atoms with E-state index in [2.05, 4.69) is 106 Å². The molecule has 6 heteroatoms. The largest absolute Gasteiger partial charge is 0.462 e. The van der Waals surface area contributed by atoms with E-state index in [1.807, 2.05) is 0 Å². The minimum Gasteiger partial charge on any atom is -0.462 e. The SMILES string of the molecule is CC/C=C\C/C=C\C/C=C\C/C=C\CCCCCCCCC(=O)OCC(COC(=O)CCCCCCCCCCCCCCC)OC(=O)CCCCCCC/C=C\C/C=C\C/C=C\CC. The van der Waals surface area contributed by atoms with E-state index < -0.39 is 6.10 Å². The fourth-order valence-corrected chi connectivity index (χ4v) is 7.39. The van der Waals surface area contributed by atoms with Crippen molar-refractivity contribution in [3.63, 3.8) is 0 Å². The smallest absolute Gasteiger partial charge is 0.306 e. The Morgan fingerprint density at radius 2 is 0.600 bits per heavy atom. The lowest BCUT2D eigenvalue weighted by Gasteiger charge is -2.18. The lowest BCUT2D eigenvalue weighted by atomic mass is 10.0. The van der Waals surface area contributed by atoms with Crippen molar-refractivity contribution in [2.45, 2.75) is 258 Å². The van der Waals surface area contributed by atoms with Gasteiger partial charge in [0.2, 0.25) is 0 Å². The molecule has 0 saturated carbocycles. The summed E-state index contributed by atoms with van der Waals surface area (Å²) in [6.45, 7) is 6.39. The summed E-state index contributed by atoms with van der Waals surface area (Å²) >= 11 is 0. The highest BCUT2D eigenvalue weighted by molar-refractivity contribution is 5.71. The minimum absolute atomic E-state index is 0.0869. The first-order valence-electron chi connectivity index (χ1n) is 27.1. The van der Waals surface area contributed by atoms with Crippen molar-refractivity contribution in [1.82, 2.24) is 0 Å². The van der Waals surface area contributed by atoms with Gasteiger partial charge in [-0.1, -0.05) is 228 Å². The van der Waals surface area contributed by atoms with Crippen molar-refractivity contribution in [2.75, 3.05) is 13.2 Å². The van der Waals surface area contributed by atoms with E-state index in [1.165, 1.54) is 83.5 Å². The molecule has 1 atom stereocenters. The molecule has 1 unspecified atom stereocenters. The third kappa shape index (κ3) is 51.4. The molecule has 6 nitrogen and oxygen atoms in total. The fourth-order valence-electron chi connectivity index (χ4n) is 7.39. The summed E-state index contributed by atoms with van der Waals surface area (Å²) in [6.07, 6.45) is 68.5. The Hall–Kier alpha value is -3.41. The second-order valence-electron chi connectivity index (χ2n) is 17.7. The van der Waals surface area contributed by atoms with E-state index in [4.69, 9.17) is 14.2 Å². The lowest BCUT2D eigenvalue weighted by molar-refractivity contribution is -0.167. The van der Waals surface area contributed by atoms with Crippen LogP contribution in [0, 0.1) is 0 Å². The van der Waals surface area contributed by atoms with Crippen LogP contribution in [0.25, 0.3) is 0 Å². The zero-order valence-electron chi connectivity index (χ0n) is 42.5. The van der Waals surface area contributed by atoms with E-state index in [-0.39, 0.29) is 31.1 Å². The highest BCUT2D eigenvalue weighted by Gasteiger charge is 2.19. The van der Waals surface area contributed by atoms with Gasteiger partial charge < -0.3 is 14.2 Å². The van der Waals surface area contributed by atoms with Gasteiger partial charge in [-0.3, -0.25) is 14.4 Å². The van der Waals surface area contributed by atoms with Crippen LogP contribution in [0.15, 0.2) is 85.1 Å². The summed E-state index contributed by atoms with van der Waals surface area (Å²) in [5.41, 5.74) is 0. The molecule has 0 rings (SSSR count). The first-order chi connectivity index (χ1) is 32.0. The van der Waals surface area contributed by atoms with Crippen LogP contribution in [0.3, 0.4) is 0 Å². The van der Waals surface area contributed by atoms with E-state index in [0.29, 0.717) is 19.3 Å². The van der Waals surface area contributed by atoms with Gasteiger partial charge in [0, 0.05) is 19.3 Å². The Balaban J connectivity index is 4.42. The molecule has 0 amide bonds. The summed E-state index contributed by atoms with van der Waals surface area (Å²) in [4.78, 5) is 38.1. The Morgan fingerprint density at radius 1 is 0.323 bits per heavy atom. The van der Waals surface area contributed by atoms with Crippen LogP contribution < -0.4 is 0 Å². The predicted octanol–water partition coefficient (Wildman–Crippen LogP) is 18.0. The zero-order valence-corrected chi connectivity index (χ0v) is 42.5. The third-order valence-corrected chi connectivity index (χ3v) is 11.4. The number of ether oxygens (including phenoxy) is 3. The first kappa shape index (κ1) is 61.6. The van der Waals surface area contributed by atoms with Crippen molar-refractivity contribution in [1.29, 1.82) is 0 Å². The van der Waals surface area contributed by atoms with Crippen molar-refractivity contribution < 1.29 is 28.6 Å². The maximum Gasteiger partial charge on any atom is 0.306 e. The van der Waals surface area contributed by atoms with Gasteiger partial charge >= 0.3 is 17.9 Å². The van der Waals surface area contributed by atoms with Crippen LogP contribution >= 0.6 is 0 Å². The van der Waals surface area contributed by atoms with Gasteiger partial charge in [0.25, 0.3) is 0 Å². The molecule has 372 valence electrons. The minimum atomic E-state index is -0.790. The van der Waals surface area contributed by atoms with Gasteiger partial charge in [0.1, 0.15) is 13.2 Å². The molecule has 0 heterocycles. The number of carbonyl (C=O) groups excluding carboxylic acids is 3. The number of hydrogen-bond acceptors (Lipinski definition) is 6. The maximum absolute atomic E-state index is 12.8. The van der Waals surface area contributed by atoms with E-state index >= 15 is 0 Å². The van der Waals surface area contributed by atoms with Crippen LogP contribution in [0.2, 0.25) is 0 Å². The molecule has 0 aliphatic rings. The van der Waals surface area contributed by atoms with E-state index in [0.717, 1.165) is 128 Å². The molecule has 0 N–H and O–H groups in total. The molecule has 0 saturated heterocycles. The molecular weight excluding hydrogens is 805 g/mol. The molecule has 65 heavy (non-hydrogen) atoms. The van der Waals surface area contributed by atoms with Crippen molar-refractivity contribution in [3.8, 4) is 0 Å². The monoisotopic (exact) mass is 905 g/mol. The first-order valence-corrected chi connectivity index (χ1v) is 27.1. The summed E-state index contributed by atoms with van der Waals surface area (Å²) in [7, 11) is 0. The van der Waals surface area contributed by atoms with Crippen molar-refractivity contribution in [2.24, 2.45) is 0 Å². The van der Waals surface area contributed by atoms with Crippen LogP contribution in [-0.2, 0) is 28.6 Å². The molecule has 0 spiro atoms. The summed E-state index contributed by atoms with van der Waals surface area (Å²) in [5.74, 6) is -0.915. The van der Waals surface area contributed by atoms with Crippen LogP contribution in [-0.4, -0.2) is 37.2 Å². The summed E-state index contributed by atoms with van der Waals surface area (Å²) < 4.78 is 16.8. The van der Waals surface area contributed by atoms with Crippen LogP contribution in [0.1, 0.15) is 252 Å². The van der Waals surface area contributed by atoms with Crippen LogP contribution in [0.5, 0.6) is 0 Å². The van der Waals surface area contributed by atoms with Crippen molar-refractivity contribution in [3.05, 3.63) is 85.1 Å². The van der Waals surface area contributed by atoms with E-state index in [9.17, 15) is 14.4 Å². The number of unbranched alkanes of at least 4 members (excludes halogenated alkanes) is 23. The number of hydrogen-bond donors (Lipinski definition) is 0. The van der Waals surface area contributed by atoms with Crippen LogP contribution in [0.4, 0.5) is 0 Å². The van der Waals surface area contributed by atoms with Gasteiger partial charge in [-0.15, -0.1) is 0 Å². The molecular formula is C59H100O6. The zero-order chi connectivity index (χ0) is 47.2. The molecule has 0 fully saturated rings. The lowest BCUT2D eigenvalue weighted by Crippen LogP contribution is -2.30. The van der Waals surface area contributed by atoms with Gasteiger partial charge in [0.05, 0.1) is 0 Å². The fraction of sp³-hybridized carbons (Fsp3) is 0.712. The van der Waals surface area contributed by atoms with Gasteiger partial charge in [-0.25, -0.2) is 0 Å². The molecule has 0 aromatic carbocycles.